The zero-order valence-corrected chi connectivity index (χ0v) is 16.7. The van der Waals surface area contributed by atoms with Gasteiger partial charge < -0.3 is 20.4 Å². The van der Waals surface area contributed by atoms with E-state index in [0.717, 1.165) is 45.3 Å². The maximum atomic E-state index is 12.5. The molecule has 27 heavy (non-hydrogen) atoms. The molecule has 3 rings (SSSR count). The second-order valence-corrected chi connectivity index (χ2v) is 7.63. The molecule has 1 saturated heterocycles. The first-order chi connectivity index (χ1) is 13.0. The number of imidazole rings is 1. The van der Waals surface area contributed by atoms with E-state index in [-0.39, 0.29) is 23.6 Å². The van der Waals surface area contributed by atoms with Gasteiger partial charge in [0.1, 0.15) is 5.52 Å². The topological polar surface area (TPSA) is 102 Å². The number of anilines is 1. The summed E-state index contributed by atoms with van der Waals surface area (Å²) in [5.74, 6) is 0.724. The number of nitrogen functional groups attached to an aromatic ring is 1. The Hall–Kier alpha value is -2.09. The smallest absolute Gasteiger partial charge is 0.327 e. The molecule has 2 aromatic heterocycles. The van der Waals surface area contributed by atoms with Crippen LogP contribution in [0.4, 0.5) is 5.82 Å². The number of H-pyrrole nitrogens is 1. The lowest BCUT2D eigenvalue weighted by Crippen LogP contribution is -2.36. The number of likely N-dealkylation sites (tertiary alicyclic amines) is 1. The highest BCUT2D eigenvalue weighted by atomic mass is 16.5. The van der Waals surface area contributed by atoms with E-state index in [1.165, 1.54) is 6.42 Å². The zero-order chi connectivity index (χ0) is 19.4. The molecule has 3 N–H and O–H groups in total. The van der Waals surface area contributed by atoms with Gasteiger partial charge >= 0.3 is 11.7 Å². The average molecular weight is 377 g/mol. The Morgan fingerprint density at radius 1 is 1.26 bits per heavy atom. The maximum absolute atomic E-state index is 12.5. The fourth-order valence-corrected chi connectivity index (χ4v) is 3.87. The second-order valence-electron chi connectivity index (χ2n) is 7.63. The summed E-state index contributed by atoms with van der Waals surface area (Å²) in [6.45, 7) is 10.3. The minimum atomic E-state index is -0.180. The van der Waals surface area contributed by atoms with Gasteiger partial charge in [0, 0.05) is 6.54 Å². The number of aromatic nitrogens is 4. The van der Waals surface area contributed by atoms with Gasteiger partial charge in [-0.2, -0.15) is 9.97 Å². The van der Waals surface area contributed by atoms with Crippen molar-refractivity contribution >= 4 is 17.0 Å². The van der Waals surface area contributed by atoms with Crippen LogP contribution in [0.15, 0.2) is 4.79 Å². The summed E-state index contributed by atoms with van der Waals surface area (Å²) >= 11 is 0. The third-order valence-electron chi connectivity index (χ3n) is 5.32. The van der Waals surface area contributed by atoms with Gasteiger partial charge in [-0.05, 0) is 58.2 Å². The van der Waals surface area contributed by atoms with Crippen molar-refractivity contribution in [3.05, 3.63) is 10.5 Å². The SMILES string of the molecule is CCC[C@H](C)Oc1nc(N)c2[nH]c(=O)n(CC3CCN(CCC)CC3)c2n1. The normalized spacial score (nSPS) is 17.4. The molecule has 1 fully saturated rings. The van der Waals surface area contributed by atoms with Crippen LogP contribution in [0.1, 0.15) is 52.9 Å². The predicted molar refractivity (Wildman–Crippen MR) is 107 cm³/mol. The first-order valence-electron chi connectivity index (χ1n) is 10.2. The first-order valence-corrected chi connectivity index (χ1v) is 10.2. The number of fused-ring (bicyclic) bond motifs is 1. The number of piperidine rings is 1. The predicted octanol–water partition coefficient (Wildman–Crippen LogP) is 2.39. The molecule has 0 bridgehead atoms. The number of aromatic amines is 1. The van der Waals surface area contributed by atoms with Crippen LogP contribution < -0.4 is 16.2 Å². The van der Waals surface area contributed by atoms with Crippen molar-refractivity contribution in [2.75, 3.05) is 25.4 Å². The molecule has 150 valence electrons. The molecule has 8 nitrogen and oxygen atoms in total. The van der Waals surface area contributed by atoms with Crippen molar-refractivity contribution in [2.24, 2.45) is 5.92 Å². The van der Waals surface area contributed by atoms with Crippen LogP contribution >= 0.6 is 0 Å². The molecule has 8 heteroatoms. The summed E-state index contributed by atoms with van der Waals surface area (Å²) in [4.78, 5) is 26.5. The molecule has 1 atom stereocenters. The Morgan fingerprint density at radius 2 is 2.00 bits per heavy atom. The van der Waals surface area contributed by atoms with Gasteiger partial charge in [0.2, 0.25) is 0 Å². The molecule has 0 saturated carbocycles. The van der Waals surface area contributed by atoms with E-state index >= 15 is 0 Å². The molecule has 0 aromatic carbocycles. The van der Waals surface area contributed by atoms with Crippen molar-refractivity contribution < 1.29 is 4.74 Å². The van der Waals surface area contributed by atoms with Gasteiger partial charge in [0.25, 0.3) is 0 Å². The molecule has 0 radical (unpaired) electrons. The number of ether oxygens (including phenoxy) is 1. The molecular formula is C19H32N6O2. The number of hydrogen-bond acceptors (Lipinski definition) is 6. The van der Waals surface area contributed by atoms with Gasteiger partial charge in [-0.3, -0.25) is 4.57 Å². The van der Waals surface area contributed by atoms with Crippen LogP contribution in [0, 0.1) is 5.92 Å². The number of nitrogens with two attached hydrogens (primary N) is 1. The highest BCUT2D eigenvalue weighted by molar-refractivity contribution is 5.81. The van der Waals surface area contributed by atoms with Gasteiger partial charge in [-0.15, -0.1) is 0 Å². The number of rotatable bonds is 8. The van der Waals surface area contributed by atoms with Crippen LogP contribution in [-0.2, 0) is 6.54 Å². The third kappa shape index (κ3) is 4.61. The molecular weight excluding hydrogens is 344 g/mol. The maximum Gasteiger partial charge on any atom is 0.327 e. The van der Waals surface area contributed by atoms with E-state index in [1.54, 1.807) is 4.57 Å². The summed E-state index contributed by atoms with van der Waals surface area (Å²) in [7, 11) is 0. The van der Waals surface area contributed by atoms with Crippen LogP contribution in [-0.4, -0.2) is 50.2 Å². The average Bonchev–Trinajstić information content (AvgIpc) is 2.94. The molecule has 3 heterocycles. The molecule has 2 aromatic rings. The Bertz CT molecular complexity index is 806. The highest BCUT2D eigenvalue weighted by Gasteiger charge is 2.22. The van der Waals surface area contributed by atoms with Gasteiger partial charge in [-0.1, -0.05) is 20.3 Å². The largest absolute Gasteiger partial charge is 0.460 e. The molecule has 0 unspecified atom stereocenters. The standard InChI is InChI=1S/C19H32N6O2/c1-4-6-13(3)27-18-22-16(20)15-17(23-18)25(19(26)21-15)12-14-7-10-24(9-5-2)11-8-14/h13-14H,4-12H2,1-3H3,(H,21,26)(H2,20,22,23)/t13-/m0/s1. The van der Waals surface area contributed by atoms with Crippen molar-refractivity contribution in [3.8, 4) is 6.01 Å². The second kappa shape index (κ2) is 8.73. The fraction of sp³-hybridized carbons (Fsp3) is 0.737. The number of nitrogens with one attached hydrogen (secondary N) is 1. The summed E-state index contributed by atoms with van der Waals surface area (Å²) in [5.41, 5.74) is 6.92. The van der Waals surface area contributed by atoms with E-state index in [4.69, 9.17) is 10.5 Å². The molecule has 0 spiro atoms. The highest BCUT2D eigenvalue weighted by Crippen LogP contribution is 2.23. The van der Waals surface area contributed by atoms with Crippen molar-refractivity contribution in [3.63, 3.8) is 0 Å². The fourth-order valence-electron chi connectivity index (χ4n) is 3.87. The summed E-state index contributed by atoms with van der Waals surface area (Å²) in [5, 5.41) is 0. The van der Waals surface area contributed by atoms with Crippen molar-refractivity contribution in [1.82, 2.24) is 24.4 Å². The van der Waals surface area contributed by atoms with Gasteiger partial charge in [0.05, 0.1) is 6.10 Å². The van der Waals surface area contributed by atoms with E-state index in [9.17, 15) is 4.79 Å². The Balaban J connectivity index is 1.79. The molecule has 0 amide bonds. The lowest BCUT2D eigenvalue weighted by atomic mass is 9.96. The van der Waals surface area contributed by atoms with E-state index in [0.29, 0.717) is 23.6 Å². The quantitative estimate of drug-likeness (QED) is 0.733. The Kier molecular flexibility index (Phi) is 6.36. The van der Waals surface area contributed by atoms with Gasteiger partial charge in [-0.25, -0.2) is 4.79 Å². The molecule has 0 aliphatic carbocycles. The first kappa shape index (κ1) is 19.7. The number of hydrogen-bond donors (Lipinski definition) is 2. The van der Waals surface area contributed by atoms with E-state index < -0.39 is 0 Å². The minimum Gasteiger partial charge on any atom is -0.460 e. The summed E-state index contributed by atoms with van der Waals surface area (Å²) < 4.78 is 7.50. The van der Waals surface area contributed by atoms with Crippen LogP contribution in [0.5, 0.6) is 6.01 Å². The third-order valence-corrected chi connectivity index (χ3v) is 5.32. The van der Waals surface area contributed by atoms with E-state index in [1.807, 2.05) is 6.92 Å². The minimum absolute atomic E-state index is 0.00820. The monoisotopic (exact) mass is 376 g/mol. The summed E-state index contributed by atoms with van der Waals surface area (Å²) in [6.07, 6.45) is 5.31. The Labute approximate surface area is 160 Å². The lowest BCUT2D eigenvalue weighted by Gasteiger charge is -2.31. The van der Waals surface area contributed by atoms with E-state index in [2.05, 4.69) is 33.7 Å². The lowest BCUT2D eigenvalue weighted by molar-refractivity contribution is 0.174. The van der Waals surface area contributed by atoms with Gasteiger partial charge in [0.15, 0.2) is 11.5 Å². The molecule has 1 aliphatic rings. The van der Waals surface area contributed by atoms with Crippen molar-refractivity contribution in [2.45, 2.75) is 65.5 Å². The summed E-state index contributed by atoms with van der Waals surface area (Å²) in [6, 6.07) is 0.242. The van der Waals surface area contributed by atoms with Crippen LogP contribution in [0.25, 0.3) is 11.2 Å². The molecule has 1 aliphatic heterocycles. The Morgan fingerprint density at radius 3 is 2.67 bits per heavy atom. The van der Waals surface area contributed by atoms with Crippen LogP contribution in [0.2, 0.25) is 0 Å². The van der Waals surface area contributed by atoms with Crippen LogP contribution in [0.3, 0.4) is 0 Å². The van der Waals surface area contributed by atoms with Crippen molar-refractivity contribution in [1.29, 1.82) is 0 Å². The number of nitrogens with zero attached hydrogens (tertiary/aromatic N) is 4. The zero-order valence-electron chi connectivity index (χ0n) is 16.7.